The van der Waals surface area contributed by atoms with Crippen molar-refractivity contribution in [3.8, 4) is 11.9 Å². The zero-order valence-corrected chi connectivity index (χ0v) is 12.3. The molecule has 0 saturated heterocycles. The summed E-state index contributed by atoms with van der Waals surface area (Å²) in [6.45, 7) is 1.74. The van der Waals surface area contributed by atoms with Gasteiger partial charge in [0.1, 0.15) is 6.04 Å². The molecule has 1 atom stereocenters. The monoisotopic (exact) mass is 296 g/mol. The fourth-order valence-corrected chi connectivity index (χ4v) is 1.82. The summed E-state index contributed by atoms with van der Waals surface area (Å²) in [6, 6.07) is 11.8. The molecule has 22 heavy (non-hydrogen) atoms. The first-order valence-corrected chi connectivity index (χ1v) is 6.70. The minimum absolute atomic E-state index is 0.203. The predicted molar refractivity (Wildman–Crippen MR) is 83.7 cm³/mol. The van der Waals surface area contributed by atoms with Gasteiger partial charge in [0, 0.05) is 11.8 Å². The van der Waals surface area contributed by atoms with Crippen molar-refractivity contribution >= 4 is 17.3 Å². The van der Waals surface area contributed by atoms with Crippen molar-refractivity contribution in [2.45, 2.75) is 13.0 Å². The number of methoxy groups -OCH3 is 1. The van der Waals surface area contributed by atoms with Crippen molar-refractivity contribution in [3.63, 3.8) is 0 Å². The van der Waals surface area contributed by atoms with E-state index in [-0.39, 0.29) is 5.91 Å². The summed E-state index contributed by atoms with van der Waals surface area (Å²) in [5, 5.41) is 14.7. The van der Waals surface area contributed by atoms with E-state index < -0.39 is 6.04 Å². The van der Waals surface area contributed by atoms with E-state index in [1.54, 1.807) is 56.6 Å². The van der Waals surface area contributed by atoms with Gasteiger partial charge in [-0.1, -0.05) is 6.07 Å². The van der Waals surface area contributed by atoms with Gasteiger partial charge in [-0.15, -0.1) is 0 Å². The summed E-state index contributed by atoms with van der Waals surface area (Å²) < 4.78 is 4.98. The Morgan fingerprint density at radius 3 is 2.77 bits per heavy atom. The molecule has 0 unspecified atom stereocenters. The first-order chi connectivity index (χ1) is 10.6. The molecule has 6 nitrogen and oxygen atoms in total. The molecule has 1 heterocycles. The second kappa shape index (κ2) is 7.09. The number of benzene rings is 1. The maximum atomic E-state index is 12.1. The number of nitrogens with one attached hydrogen (secondary N) is 2. The standard InChI is InChI=1S/C16H16N4O2/c1-11(19-14-6-7-15(22-2)18-10-14)16(21)20-13-5-3-4-12(8-13)9-17/h3-8,10-11,19H,1-2H3,(H,20,21)/t11-/m1/s1. The molecule has 0 saturated carbocycles. The van der Waals surface area contributed by atoms with E-state index in [4.69, 9.17) is 10.00 Å². The minimum atomic E-state index is -0.457. The Morgan fingerprint density at radius 2 is 2.14 bits per heavy atom. The second-order valence-corrected chi connectivity index (χ2v) is 4.64. The average Bonchev–Trinajstić information content (AvgIpc) is 2.55. The molecule has 0 aliphatic heterocycles. The normalized spacial score (nSPS) is 11.1. The molecule has 1 amide bonds. The van der Waals surface area contributed by atoms with Crippen molar-refractivity contribution in [3.05, 3.63) is 48.2 Å². The Labute approximate surface area is 128 Å². The predicted octanol–water partition coefficient (Wildman–Crippen LogP) is 2.40. The van der Waals surface area contributed by atoms with Gasteiger partial charge in [-0.25, -0.2) is 4.98 Å². The van der Waals surface area contributed by atoms with Crippen LogP contribution in [0, 0.1) is 11.3 Å². The molecule has 0 fully saturated rings. The van der Waals surface area contributed by atoms with Crippen molar-refractivity contribution in [1.82, 2.24) is 4.98 Å². The highest BCUT2D eigenvalue weighted by Gasteiger charge is 2.13. The van der Waals surface area contributed by atoms with Crippen LogP contribution < -0.4 is 15.4 Å². The molecule has 1 aromatic heterocycles. The lowest BCUT2D eigenvalue weighted by molar-refractivity contribution is -0.116. The lowest BCUT2D eigenvalue weighted by Crippen LogP contribution is -2.31. The summed E-state index contributed by atoms with van der Waals surface area (Å²) in [6.07, 6.45) is 1.60. The summed E-state index contributed by atoms with van der Waals surface area (Å²) in [7, 11) is 1.54. The Morgan fingerprint density at radius 1 is 1.32 bits per heavy atom. The number of hydrogen-bond donors (Lipinski definition) is 2. The number of aromatic nitrogens is 1. The molecule has 2 aromatic rings. The third-order valence-corrected chi connectivity index (χ3v) is 2.98. The van der Waals surface area contributed by atoms with E-state index >= 15 is 0 Å². The van der Waals surface area contributed by atoms with E-state index in [2.05, 4.69) is 15.6 Å². The van der Waals surface area contributed by atoms with Gasteiger partial charge in [0.05, 0.1) is 30.6 Å². The van der Waals surface area contributed by atoms with Crippen molar-refractivity contribution < 1.29 is 9.53 Å². The molecule has 6 heteroatoms. The first-order valence-electron chi connectivity index (χ1n) is 6.70. The van der Waals surface area contributed by atoms with Crippen LogP contribution in [-0.4, -0.2) is 24.0 Å². The van der Waals surface area contributed by atoms with E-state index in [9.17, 15) is 4.79 Å². The van der Waals surface area contributed by atoms with E-state index in [1.165, 1.54) is 0 Å². The molecule has 0 bridgehead atoms. The van der Waals surface area contributed by atoms with Crippen LogP contribution in [0.1, 0.15) is 12.5 Å². The van der Waals surface area contributed by atoms with Crippen molar-refractivity contribution in [1.29, 1.82) is 5.26 Å². The average molecular weight is 296 g/mol. The number of ether oxygens (including phenoxy) is 1. The summed E-state index contributed by atoms with van der Waals surface area (Å²) >= 11 is 0. The van der Waals surface area contributed by atoms with Crippen molar-refractivity contribution in [2.75, 3.05) is 17.7 Å². The second-order valence-electron chi connectivity index (χ2n) is 4.64. The number of anilines is 2. The van der Waals surface area contributed by atoms with Crippen LogP contribution in [-0.2, 0) is 4.79 Å². The number of hydrogen-bond acceptors (Lipinski definition) is 5. The van der Waals surface area contributed by atoms with Gasteiger partial charge >= 0.3 is 0 Å². The highest BCUT2D eigenvalue weighted by molar-refractivity contribution is 5.96. The molecule has 2 rings (SSSR count). The molecule has 0 aliphatic rings. The number of nitrogens with zero attached hydrogens (tertiary/aromatic N) is 2. The fraction of sp³-hybridized carbons (Fsp3) is 0.188. The Bertz CT molecular complexity index is 692. The van der Waals surface area contributed by atoms with Crippen LogP contribution in [0.3, 0.4) is 0 Å². The molecule has 0 spiro atoms. The minimum Gasteiger partial charge on any atom is -0.481 e. The van der Waals surface area contributed by atoms with Crippen LogP contribution in [0.5, 0.6) is 5.88 Å². The number of rotatable bonds is 5. The van der Waals surface area contributed by atoms with Gasteiger partial charge in [0.15, 0.2) is 0 Å². The maximum Gasteiger partial charge on any atom is 0.246 e. The largest absolute Gasteiger partial charge is 0.481 e. The first kappa shape index (κ1) is 15.3. The molecule has 0 radical (unpaired) electrons. The fourth-order valence-electron chi connectivity index (χ4n) is 1.82. The third-order valence-electron chi connectivity index (χ3n) is 2.98. The Kier molecular flexibility index (Phi) is 4.94. The smallest absolute Gasteiger partial charge is 0.246 e. The molecule has 2 N–H and O–H groups in total. The highest BCUT2D eigenvalue weighted by atomic mass is 16.5. The van der Waals surface area contributed by atoms with Crippen LogP contribution in [0.2, 0.25) is 0 Å². The van der Waals surface area contributed by atoms with Gasteiger partial charge in [-0.05, 0) is 31.2 Å². The number of amides is 1. The lowest BCUT2D eigenvalue weighted by Gasteiger charge is -2.15. The van der Waals surface area contributed by atoms with E-state index in [1.807, 2.05) is 6.07 Å². The van der Waals surface area contributed by atoms with Crippen LogP contribution in [0.25, 0.3) is 0 Å². The molecular weight excluding hydrogens is 280 g/mol. The SMILES string of the molecule is COc1ccc(N[C@H](C)C(=O)Nc2cccc(C#N)c2)cn1. The molecule has 1 aromatic carbocycles. The summed E-state index contributed by atoms with van der Waals surface area (Å²) in [5.41, 5.74) is 1.80. The zero-order valence-electron chi connectivity index (χ0n) is 12.3. The van der Waals surface area contributed by atoms with Crippen molar-refractivity contribution in [2.24, 2.45) is 0 Å². The van der Waals surface area contributed by atoms with E-state index in [0.717, 1.165) is 0 Å². The molecule has 0 aliphatic carbocycles. The highest BCUT2D eigenvalue weighted by Crippen LogP contribution is 2.14. The van der Waals surface area contributed by atoms with Crippen LogP contribution >= 0.6 is 0 Å². The molecular formula is C16H16N4O2. The number of carbonyl (C=O) groups excluding carboxylic acids is 1. The third kappa shape index (κ3) is 3.96. The molecule has 112 valence electrons. The number of nitriles is 1. The lowest BCUT2D eigenvalue weighted by atomic mass is 10.2. The van der Waals surface area contributed by atoms with Crippen LogP contribution in [0.15, 0.2) is 42.6 Å². The Balaban J connectivity index is 1.97. The van der Waals surface area contributed by atoms with Gasteiger partial charge in [-0.3, -0.25) is 4.79 Å². The quantitative estimate of drug-likeness (QED) is 0.884. The summed E-state index contributed by atoms with van der Waals surface area (Å²) in [4.78, 5) is 16.2. The van der Waals surface area contributed by atoms with Gasteiger partial charge in [0.2, 0.25) is 11.8 Å². The number of pyridine rings is 1. The van der Waals surface area contributed by atoms with Gasteiger partial charge in [0.25, 0.3) is 0 Å². The Hall–Kier alpha value is -3.07. The van der Waals surface area contributed by atoms with Crippen LogP contribution in [0.4, 0.5) is 11.4 Å². The zero-order chi connectivity index (χ0) is 15.9. The summed E-state index contributed by atoms with van der Waals surface area (Å²) in [5.74, 6) is 0.307. The van der Waals surface area contributed by atoms with E-state index in [0.29, 0.717) is 22.8 Å². The maximum absolute atomic E-state index is 12.1. The van der Waals surface area contributed by atoms with Gasteiger partial charge < -0.3 is 15.4 Å². The topological polar surface area (TPSA) is 87.0 Å². The number of carbonyl (C=O) groups is 1. The van der Waals surface area contributed by atoms with Gasteiger partial charge in [-0.2, -0.15) is 5.26 Å².